The van der Waals surface area contributed by atoms with Gasteiger partial charge >= 0.3 is 0 Å². The Balaban J connectivity index is 2.01. The number of nitrogens with one attached hydrogen (secondary N) is 1. The Kier molecular flexibility index (Phi) is 6.38. The molecule has 0 spiro atoms. The van der Waals surface area contributed by atoms with Crippen molar-refractivity contribution in [1.82, 2.24) is 4.98 Å². The molecule has 0 aliphatic carbocycles. The number of nitrogens with zero attached hydrogens (tertiary/aromatic N) is 2. The third-order valence-corrected chi connectivity index (χ3v) is 3.71. The first kappa shape index (κ1) is 17.2. The summed E-state index contributed by atoms with van der Waals surface area (Å²) in [5.74, 6) is 0.352. The van der Waals surface area contributed by atoms with Crippen LogP contribution < -0.4 is 5.32 Å². The lowest BCUT2D eigenvalue weighted by Gasteiger charge is -2.08. The van der Waals surface area contributed by atoms with Gasteiger partial charge in [-0.1, -0.05) is 40.5 Å². The Bertz CT molecular complexity index is 706. The maximum absolute atomic E-state index is 12.0. The number of hydrogen-bond donors (Lipinski definition) is 1. The molecule has 2 aromatic rings. The predicted octanol–water partition coefficient (Wildman–Crippen LogP) is 4.16. The third-order valence-electron chi connectivity index (χ3n) is 2.98. The van der Waals surface area contributed by atoms with Gasteiger partial charge in [-0.3, -0.25) is 4.79 Å². The van der Waals surface area contributed by atoms with Crippen LogP contribution in [0, 0.1) is 0 Å². The molecule has 0 aliphatic rings. The van der Waals surface area contributed by atoms with E-state index in [1.165, 1.54) is 7.11 Å². The molecule has 0 fully saturated rings. The largest absolute Gasteiger partial charge is 0.399 e. The highest BCUT2D eigenvalue weighted by Gasteiger charge is 2.11. The fraction of sp³-hybridized carbons (Fsp3) is 0.188. The standard InChI is InChI=1S/C16H15Cl2N3O2/c1-23-21-14(11-5-6-12(17)13(18)10-11)7-8-16(22)20-15-4-2-3-9-19-15/h2-6,9-10H,7-8H2,1H3,(H,19,20,22). The molecule has 0 atom stereocenters. The lowest BCUT2D eigenvalue weighted by Crippen LogP contribution is -2.14. The molecule has 0 saturated carbocycles. The molecule has 1 amide bonds. The van der Waals surface area contributed by atoms with Crippen molar-refractivity contribution in [1.29, 1.82) is 0 Å². The number of hydrogen-bond acceptors (Lipinski definition) is 4. The molecule has 1 aromatic heterocycles. The summed E-state index contributed by atoms with van der Waals surface area (Å²) in [5.41, 5.74) is 1.37. The molecule has 0 bridgehead atoms. The summed E-state index contributed by atoms with van der Waals surface area (Å²) in [4.78, 5) is 20.9. The van der Waals surface area contributed by atoms with E-state index in [4.69, 9.17) is 28.0 Å². The molecule has 1 N–H and O–H groups in total. The van der Waals surface area contributed by atoms with Crippen LogP contribution in [0.5, 0.6) is 0 Å². The van der Waals surface area contributed by atoms with E-state index >= 15 is 0 Å². The number of pyridine rings is 1. The molecule has 1 aromatic carbocycles. The lowest BCUT2D eigenvalue weighted by atomic mass is 10.1. The summed E-state index contributed by atoms with van der Waals surface area (Å²) in [6.45, 7) is 0. The maximum Gasteiger partial charge on any atom is 0.225 e. The van der Waals surface area contributed by atoms with Gasteiger partial charge in [-0.25, -0.2) is 4.98 Å². The second-order valence-electron chi connectivity index (χ2n) is 4.61. The number of halogens is 2. The number of benzene rings is 1. The van der Waals surface area contributed by atoms with Crippen LogP contribution >= 0.6 is 23.2 Å². The van der Waals surface area contributed by atoms with Crippen molar-refractivity contribution in [3.63, 3.8) is 0 Å². The van der Waals surface area contributed by atoms with E-state index < -0.39 is 0 Å². The van der Waals surface area contributed by atoms with Crippen molar-refractivity contribution in [2.45, 2.75) is 12.8 Å². The summed E-state index contributed by atoms with van der Waals surface area (Å²) in [5, 5.41) is 7.56. The first-order chi connectivity index (χ1) is 11.1. The van der Waals surface area contributed by atoms with Crippen LogP contribution in [0.3, 0.4) is 0 Å². The second kappa shape index (κ2) is 8.50. The summed E-state index contributed by atoms with van der Waals surface area (Å²) < 4.78 is 0. The van der Waals surface area contributed by atoms with Crippen LogP contribution in [0.25, 0.3) is 0 Å². The van der Waals surface area contributed by atoms with Gasteiger partial charge in [0, 0.05) is 24.6 Å². The number of aromatic nitrogens is 1. The molecular weight excluding hydrogens is 337 g/mol. The minimum atomic E-state index is -0.160. The Morgan fingerprint density at radius 2 is 2.04 bits per heavy atom. The van der Waals surface area contributed by atoms with Gasteiger partial charge in [-0.2, -0.15) is 0 Å². The zero-order chi connectivity index (χ0) is 16.7. The highest BCUT2D eigenvalue weighted by molar-refractivity contribution is 6.42. The first-order valence-corrected chi connectivity index (χ1v) is 7.62. The molecule has 5 nitrogen and oxygen atoms in total. The van der Waals surface area contributed by atoms with Crippen molar-refractivity contribution >= 4 is 40.6 Å². The lowest BCUT2D eigenvalue weighted by molar-refractivity contribution is -0.116. The molecular formula is C16H15Cl2N3O2. The molecule has 120 valence electrons. The molecule has 7 heteroatoms. The predicted molar refractivity (Wildman–Crippen MR) is 92.1 cm³/mol. The van der Waals surface area contributed by atoms with E-state index in [1.54, 1.807) is 42.6 Å². The van der Waals surface area contributed by atoms with Crippen LogP contribution in [0.15, 0.2) is 47.8 Å². The van der Waals surface area contributed by atoms with E-state index in [9.17, 15) is 4.79 Å². The van der Waals surface area contributed by atoms with Gasteiger partial charge in [0.05, 0.1) is 15.8 Å². The highest BCUT2D eigenvalue weighted by Crippen LogP contribution is 2.23. The molecule has 1 heterocycles. The minimum absolute atomic E-state index is 0.160. The fourth-order valence-corrected chi connectivity index (χ4v) is 2.20. The number of rotatable bonds is 6. The smallest absolute Gasteiger partial charge is 0.225 e. The summed E-state index contributed by atoms with van der Waals surface area (Å²) in [6, 6.07) is 10.5. The zero-order valence-corrected chi connectivity index (χ0v) is 13.9. The Hall–Kier alpha value is -2.11. The summed E-state index contributed by atoms with van der Waals surface area (Å²) >= 11 is 11.9. The molecule has 23 heavy (non-hydrogen) atoms. The molecule has 0 unspecified atom stereocenters. The fourth-order valence-electron chi connectivity index (χ4n) is 1.90. The van der Waals surface area contributed by atoms with Gasteiger partial charge in [0.25, 0.3) is 0 Å². The Morgan fingerprint density at radius 1 is 1.22 bits per heavy atom. The van der Waals surface area contributed by atoms with Crippen molar-refractivity contribution in [2.75, 3.05) is 12.4 Å². The SMILES string of the molecule is CON=C(CCC(=O)Nc1ccccn1)c1ccc(Cl)c(Cl)c1. The number of amides is 1. The Morgan fingerprint density at radius 3 is 2.70 bits per heavy atom. The molecule has 0 aliphatic heterocycles. The maximum atomic E-state index is 12.0. The Labute approximate surface area is 144 Å². The number of carbonyl (C=O) groups is 1. The van der Waals surface area contributed by atoms with Gasteiger partial charge in [0.2, 0.25) is 5.91 Å². The zero-order valence-electron chi connectivity index (χ0n) is 12.4. The number of carbonyl (C=O) groups excluding carboxylic acids is 1. The van der Waals surface area contributed by atoms with Crippen LogP contribution in [-0.2, 0) is 9.63 Å². The quantitative estimate of drug-likeness (QED) is 0.627. The molecule has 0 saturated heterocycles. The van der Waals surface area contributed by atoms with E-state index in [2.05, 4.69) is 15.5 Å². The van der Waals surface area contributed by atoms with Crippen molar-refractivity contribution in [2.24, 2.45) is 5.16 Å². The minimum Gasteiger partial charge on any atom is -0.399 e. The monoisotopic (exact) mass is 351 g/mol. The second-order valence-corrected chi connectivity index (χ2v) is 5.43. The van der Waals surface area contributed by atoms with Crippen LogP contribution in [-0.4, -0.2) is 23.7 Å². The van der Waals surface area contributed by atoms with Crippen molar-refractivity contribution in [3.05, 3.63) is 58.2 Å². The van der Waals surface area contributed by atoms with Crippen LogP contribution in [0.1, 0.15) is 18.4 Å². The van der Waals surface area contributed by atoms with Crippen molar-refractivity contribution in [3.8, 4) is 0 Å². The highest BCUT2D eigenvalue weighted by atomic mass is 35.5. The van der Waals surface area contributed by atoms with Gasteiger partial charge < -0.3 is 10.2 Å². The van der Waals surface area contributed by atoms with Gasteiger partial charge in [0.15, 0.2) is 0 Å². The van der Waals surface area contributed by atoms with Crippen LogP contribution in [0.2, 0.25) is 10.0 Å². The van der Waals surface area contributed by atoms with E-state index in [0.717, 1.165) is 5.56 Å². The average Bonchev–Trinajstić information content (AvgIpc) is 2.55. The van der Waals surface area contributed by atoms with Gasteiger partial charge in [0.1, 0.15) is 12.9 Å². The van der Waals surface area contributed by atoms with Gasteiger partial charge in [-0.15, -0.1) is 0 Å². The number of anilines is 1. The third kappa shape index (κ3) is 5.23. The molecule has 0 radical (unpaired) electrons. The topological polar surface area (TPSA) is 63.6 Å². The number of oxime groups is 1. The van der Waals surface area contributed by atoms with E-state index in [1.807, 2.05) is 0 Å². The summed E-state index contributed by atoms with van der Waals surface area (Å²) in [6.07, 6.45) is 2.24. The van der Waals surface area contributed by atoms with Crippen LogP contribution in [0.4, 0.5) is 5.82 Å². The average molecular weight is 352 g/mol. The first-order valence-electron chi connectivity index (χ1n) is 6.86. The van der Waals surface area contributed by atoms with Gasteiger partial charge in [-0.05, 0) is 24.3 Å². The van der Waals surface area contributed by atoms with E-state index in [0.29, 0.717) is 28.0 Å². The van der Waals surface area contributed by atoms with Crippen molar-refractivity contribution < 1.29 is 9.63 Å². The van der Waals surface area contributed by atoms with E-state index in [-0.39, 0.29) is 12.3 Å². The normalized spacial score (nSPS) is 11.2. The molecule has 2 rings (SSSR count). The summed E-state index contributed by atoms with van der Waals surface area (Å²) in [7, 11) is 1.45.